The van der Waals surface area contributed by atoms with Gasteiger partial charge in [-0.05, 0) is 13.0 Å². The average Bonchev–Trinajstić information content (AvgIpc) is 2.04. The Balaban J connectivity index is 3.27. The number of nitro groups is 1. The van der Waals surface area contributed by atoms with Crippen LogP contribution in [-0.4, -0.2) is 4.92 Å². The summed E-state index contributed by atoms with van der Waals surface area (Å²) < 4.78 is 0. The van der Waals surface area contributed by atoms with Crippen LogP contribution in [0.5, 0.6) is 0 Å². The van der Waals surface area contributed by atoms with Gasteiger partial charge in [-0.1, -0.05) is 12.1 Å². The Morgan fingerprint density at radius 1 is 1.62 bits per heavy atom. The van der Waals surface area contributed by atoms with Gasteiger partial charge in [-0.15, -0.1) is 0 Å². The molecule has 0 amide bonds. The monoisotopic (exact) mass is 176 g/mol. The minimum Gasteiger partial charge on any atom is -0.311 e. The highest BCUT2D eigenvalue weighted by Crippen LogP contribution is 2.23. The zero-order valence-corrected chi connectivity index (χ0v) is 7.15. The summed E-state index contributed by atoms with van der Waals surface area (Å²) >= 11 is 0. The van der Waals surface area contributed by atoms with Crippen molar-refractivity contribution < 1.29 is 4.92 Å². The molecule has 4 nitrogen and oxygen atoms in total. The molecule has 0 fully saturated rings. The predicted octanol–water partition coefficient (Wildman–Crippen LogP) is 2.32. The standard InChI is InChI=1S/C9H8N2O2/c1-7-4-3-5-8(6-10-2)9(7)11(12)13/h3-5H,6H2,1H3. The molecule has 1 rings (SSSR count). The van der Waals surface area contributed by atoms with Crippen molar-refractivity contribution >= 4 is 5.69 Å². The first kappa shape index (κ1) is 9.20. The molecule has 0 aromatic heterocycles. The van der Waals surface area contributed by atoms with Crippen LogP contribution in [0.4, 0.5) is 5.69 Å². The van der Waals surface area contributed by atoms with Crippen LogP contribution < -0.4 is 0 Å². The fourth-order valence-electron chi connectivity index (χ4n) is 1.19. The number of para-hydroxylation sites is 1. The van der Waals surface area contributed by atoms with E-state index in [1.54, 1.807) is 25.1 Å². The molecule has 0 aliphatic heterocycles. The molecule has 4 heteroatoms. The molecule has 66 valence electrons. The molecule has 0 heterocycles. The molecule has 0 aliphatic rings. The summed E-state index contributed by atoms with van der Waals surface area (Å²) in [5.41, 5.74) is 1.16. The Hall–Kier alpha value is -1.89. The molecule has 0 radical (unpaired) electrons. The largest absolute Gasteiger partial charge is 0.311 e. The molecule has 13 heavy (non-hydrogen) atoms. The molecule has 0 N–H and O–H groups in total. The van der Waals surface area contributed by atoms with E-state index in [1.807, 2.05) is 0 Å². The van der Waals surface area contributed by atoms with E-state index in [0.717, 1.165) is 0 Å². The van der Waals surface area contributed by atoms with E-state index in [9.17, 15) is 10.1 Å². The average molecular weight is 176 g/mol. The SMILES string of the molecule is [C-]#[N+]Cc1cccc(C)c1[N+](=O)[O-]. The lowest BCUT2D eigenvalue weighted by Crippen LogP contribution is -1.96. The summed E-state index contributed by atoms with van der Waals surface area (Å²) in [5, 5.41) is 10.6. The van der Waals surface area contributed by atoms with E-state index in [1.165, 1.54) is 0 Å². The number of nitrogens with zero attached hydrogens (tertiary/aromatic N) is 2. The lowest BCUT2D eigenvalue weighted by molar-refractivity contribution is -0.386. The highest BCUT2D eigenvalue weighted by Gasteiger charge is 2.17. The van der Waals surface area contributed by atoms with Gasteiger partial charge in [0, 0.05) is 5.56 Å². The number of benzene rings is 1. The molecule has 0 unspecified atom stereocenters. The van der Waals surface area contributed by atoms with Crippen molar-refractivity contribution in [2.75, 3.05) is 0 Å². The van der Waals surface area contributed by atoms with Crippen LogP contribution in [0.3, 0.4) is 0 Å². The number of rotatable bonds is 2. The molecule has 0 saturated carbocycles. The van der Waals surface area contributed by atoms with Gasteiger partial charge in [0.25, 0.3) is 5.69 Å². The molecule has 1 aromatic carbocycles. The van der Waals surface area contributed by atoms with Gasteiger partial charge in [0.15, 0.2) is 0 Å². The Morgan fingerprint density at radius 2 is 2.31 bits per heavy atom. The summed E-state index contributed by atoms with van der Waals surface area (Å²) in [6.07, 6.45) is 0. The van der Waals surface area contributed by atoms with Crippen LogP contribution in [0.2, 0.25) is 0 Å². The Labute approximate surface area is 75.8 Å². The number of aryl methyl sites for hydroxylation is 1. The van der Waals surface area contributed by atoms with Gasteiger partial charge in [-0.2, -0.15) is 0 Å². The third-order valence-corrected chi connectivity index (χ3v) is 1.75. The molecule has 0 saturated heterocycles. The maximum absolute atomic E-state index is 10.6. The zero-order chi connectivity index (χ0) is 9.84. The highest BCUT2D eigenvalue weighted by atomic mass is 16.6. The molecule has 0 aliphatic carbocycles. The molecule has 0 atom stereocenters. The van der Waals surface area contributed by atoms with E-state index in [4.69, 9.17) is 6.57 Å². The van der Waals surface area contributed by atoms with Gasteiger partial charge in [0.2, 0.25) is 6.54 Å². The van der Waals surface area contributed by atoms with Crippen LogP contribution in [0.15, 0.2) is 18.2 Å². The Bertz CT molecular complexity index is 380. The van der Waals surface area contributed by atoms with Crippen molar-refractivity contribution in [3.63, 3.8) is 0 Å². The minimum absolute atomic E-state index is 0.0675. The van der Waals surface area contributed by atoms with Crippen molar-refractivity contribution in [2.45, 2.75) is 13.5 Å². The number of nitro benzene ring substituents is 1. The first-order chi connectivity index (χ1) is 6.16. The van der Waals surface area contributed by atoms with Crippen molar-refractivity contribution in [2.24, 2.45) is 0 Å². The fraction of sp³-hybridized carbons (Fsp3) is 0.222. The Kier molecular flexibility index (Phi) is 2.60. The van der Waals surface area contributed by atoms with Gasteiger partial charge < -0.3 is 4.85 Å². The normalized spacial score (nSPS) is 9.23. The quantitative estimate of drug-likeness (QED) is 0.394. The summed E-state index contributed by atoms with van der Waals surface area (Å²) in [5.74, 6) is 0. The molecule has 0 spiro atoms. The first-order valence-electron chi connectivity index (χ1n) is 3.73. The smallest absolute Gasteiger partial charge is 0.282 e. The topological polar surface area (TPSA) is 47.5 Å². The maximum atomic E-state index is 10.6. The van der Waals surface area contributed by atoms with E-state index in [-0.39, 0.29) is 12.2 Å². The summed E-state index contributed by atoms with van der Waals surface area (Å²) in [4.78, 5) is 13.3. The van der Waals surface area contributed by atoms with Gasteiger partial charge >= 0.3 is 0 Å². The van der Waals surface area contributed by atoms with E-state index < -0.39 is 4.92 Å². The number of hydrogen-bond acceptors (Lipinski definition) is 2. The van der Waals surface area contributed by atoms with Crippen molar-refractivity contribution in [1.29, 1.82) is 0 Å². The zero-order valence-electron chi connectivity index (χ0n) is 7.15. The van der Waals surface area contributed by atoms with E-state index >= 15 is 0 Å². The maximum Gasteiger partial charge on any atom is 0.282 e. The van der Waals surface area contributed by atoms with Crippen molar-refractivity contribution in [1.82, 2.24) is 0 Å². The van der Waals surface area contributed by atoms with Crippen LogP contribution in [-0.2, 0) is 6.54 Å². The minimum atomic E-state index is -0.435. The molecule has 1 aromatic rings. The van der Waals surface area contributed by atoms with Crippen LogP contribution in [0.1, 0.15) is 11.1 Å². The predicted molar refractivity (Wildman–Crippen MR) is 48.1 cm³/mol. The second-order valence-electron chi connectivity index (χ2n) is 2.66. The molecule has 0 bridgehead atoms. The first-order valence-corrected chi connectivity index (χ1v) is 3.73. The van der Waals surface area contributed by atoms with Gasteiger partial charge in [-0.25, -0.2) is 6.57 Å². The summed E-state index contributed by atoms with van der Waals surface area (Å²) in [7, 11) is 0. The van der Waals surface area contributed by atoms with Gasteiger partial charge in [-0.3, -0.25) is 10.1 Å². The van der Waals surface area contributed by atoms with E-state index in [2.05, 4.69) is 4.85 Å². The van der Waals surface area contributed by atoms with E-state index in [0.29, 0.717) is 11.1 Å². The van der Waals surface area contributed by atoms with Crippen LogP contribution >= 0.6 is 0 Å². The fourth-order valence-corrected chi connectivity index (χ4v) is 1.19. The second kappa shape index (κ2) is 3.68. The third-order valence-electron chi connectivity index (χ3n) is 1.75. The third kappa shape index (κ3) is 1.82. The molecular weight excluding hydrogens is 168 g/mol. The summed E-state index contributed by atoms with van der Waals surface area (Å²) in [6, 6.07) is 5.01. The van der Waals surface area contributed by atoms with Crippen LogP contribution in [0.25, 0.3) is 4.85 Å². The number of hydrogen-bond donors (Lipinski definition) is 0. The van der Waals surface area contributed by atoms with Crippen molar-refractivity contribution in [3.05, 3.63) is 50.9 Å². The van der Waals surface area contributed by atoms with Gasteiger partial charge in [0.1, 0.15) is 5.56 Å². The second-order valence-corrected chi connectivity index (χ2v) is 2.66. The van der Waals surface area contributed by atoms with Gasteiger partial charge in [0.05, 0.1) is 4.92 Å². The lowest BCUT2D eigenvalue weighted by Gasteiger charge is -1.98. The molecular formula is C9H8N2O2. The Morgan fingerprint density at radius 3 is 2.85 bits per heavy atom. The summed E-state index contributed by atoms with van der Waals surface area (Å²) in [6.45, 7) is 8.39. The lowest BCUT2D eigenvalue weighted by atomic mass is 10.1. The van der Waals surface area contributed by atoms with Crippen molar-refractivity contribution in [3.8, 4) is 0 Å². The van der Waals surface area contributed by atoms with Crippen LogP contribution in [0, 0.1) is 23.6 Å². The highest BCUT2D eigenvalue weighted by molar-refractivity contribution is 5.47.